The van der Waals surface area contributed by atoms with Crippen LogP contribution in [0, 0.1) is 11.3 Å². The first-order chi connectivity index (χ1) is 13.6. The molecule has 1 aromatic rings. The Bertz CT molecular complexity index is 746. The van der Waals surface area contributed by atoms with Crippen LogP contribution in [0.5, 0.6) is 0 Å². The second-order valence-corrected chi connectivity index (χ2v) is 7.71. The first-order valence-corrected chi connectivity index (χ1v) is 10.1. The van der Waals surface area contributed by atoms with E-state index in [4.69, 9.17) is 9.47 Å². The maximum atomic E-state index is 12.2. The normalized spacial score (nSPS) is 23.9. The molecular formula is C23H30N2O3. The van der Waals surface area contributed by atoms with Crippen LogP contribution in [-0.2, 0) is 15.9 Å². The summed E-state index contributed by atoms with van der Waals surface area (Å²) in [6.07, 6.45) is 15.1. The van der Waals surface area contributed by atoms with Gasteiger partial charge in [0.2, 0.25) is 0 Å². The Labute approximate surface area is 167 Å². The van der Waals surface area contributed by atoms with Gasteiger partial charge in [-0.1, -0.05) is 38.1 Å². The lowest BCUT2D eigenvalue weighted by molar-refractivity contribution is 0.0940. The number of nitrogens with one attached hydrogen (secondary N) is 1. The number of allylic oxidation sites excluding steroid dienone is 5. The summed E-state index contributed by atoms with van der Waals surface area (Å²) in [6.45, 7) is 7.12. The molecule has 1 amide bonds. The highest BCUT2D eigenvalue weighted by molar-refractivity contribution is 5.92. The topological polar surface area (TPSA) is 60.5 Å². The molecule has 2 heterocycles. The van der Waals surface area contributed by atoms with Gasteiger partial charge in [0, 0.05) is 37.1 Å². The minimum absolute atomic E-state index is 0.0900. The Morgan fingerprint density at radius 2 is 2.29 bits per heavy atom. The van der Waals surface area contributed by atoms with Crippen LogP contribution < -0.4 is 5.32 Å². The third kappa shape index (κ3) is 5.80. The molecular weight excluding hydrogens is 352 g/mol. The smallest absolute Gasteiger partial charge is 0.269 e. The summed E-state index contributed by atoms with van der Waals surface area (Å²) in [4.78, 5) is 16.5. The number of pyridine rings is 1. The maximum Gasteiger partial charge on any atom is 0.269 e. The summed E-state index contributed by atoms with van der Waals surface area (Å²) in [5.41, 5.74) is 1.59. The Balaban J connectivity index is 1.43. The number of aromatic nitrogens is 1. The zero-order valence-corrected chi connectivity index (χ0v) is 16.8. The fourth-order valence-electron chi connectivity index (χ4n) is 3.14. The maximum absolute atomic E-state index is 12.2. The average Bonchev–Trinajstić information content (AvgIpc) is 3.17. The number of amides is 1. The molecule has 1 saturated heterocycles. The molecule has 3 rings (SSSR count). The first kappa shape index (κ1) is 20.3. The molecule has 1 aromatic heterocycles. The van der Waals surface area contributed by atoms with E-state index in [1.54, 1.807) is 12.3 Å². The molecule has 150 valence electrons. The van der Waals surface area contributed by atoms with E-state index < -0.39 is 0 Å². The molecule has 0 bridgehead atoms. The van der Waals surface area contributed by atoms with Gasteiger partial charge in [-0.2, -0.15) is 0 Å². The summed E-state index contributed by atoms with van der Waals surface area (Å²) < 4.78 is 11.2. The van der Waals surface area contributed by atoms with E-state index in [1.165, 1.54) is 0 Å². The second kappa shape index (κ2) is 9.69. The molecule has 2 aliphatic rings. The number of rotatable bonds is 8. The number of carbonyl (C=O) groups is 1. The van der Waals surface area contributed by atoms with Crippen molar-refractivity contribution in [3.8, 4) is 0 Å². The molecule has 5 heteroatoms. The van der Waals surface area contributed by atoms with Crippen LogP contribution in [-0.4, -0.2) is 37.3 Å². The van der Waals surface area contributed by atoms with Gasteiger partial charge in [0.25, 0.3) is 5.91 Å². The van der Waals surface area contributed by atoms with Gasteiger partial charge in [0.05, 0.1) is 13.2 Å². The van der Waals surface area contributed by atoms with E-state index >= 15 is 0 Å². The Kier molecular flexibility index (Phi) is 7.04. The zero-order chi connectivity index (χ0) is 19.8. The van der Waals surface area contributed by atoms with Gasteiger partial charge in [-0.15, -0.1) is 0 Å². The SMILES string of the molecule is CCC1(C)C=CC=C(OCCc2ccc(C(=O)NCC3CCOC3)nc2)C=C1. The van der Waals surface area contributed by atoms with Crippen LogP contribution in [0.4, 0.5) is 0 Å². The largest absolute Gasteiger partial charge is 0.493 e. The molecule has 2 atom stereocenters. The van der Waals surface area contributed by atoms with Crippen molar-refractivity contribution in [2.24, 2.45) is 11.3 Å². The monoisotopic (exact) mass is 382 g/mol. The van der Waals surface area contributed by atoms with Crippen molar-refractivity contribution >= 4 is 5.91 Å². The Morgan fingerprint density at radius 1 is 1.39 bits per heavy atom. The van der Waals surface area contributed by atoms with Gasteiger partial charge in [-0.05, 0) is 36.6 Å². The van der Waals surface area contributed by atoms with E-state index in [1.807, 2.05) is 18.2 Å². The Morgan fingerprint density at radius 3 is 3.00 bits per heavy atom. The molecule has 1 fully saturated rings. The lowest BCUT2D eigenvalue weighted by atomic mass is 9.87. The molecule has 0 saturated carbocycles. The van der Waals surface area contributed by atoms with E-state index in [2.05, 4.69) is 42.4 Å². The highest BCUT2D eigenvalue weighted by Crippen LogP contribution is 2.27. The van der Waals surface area contributed by atoms with E-state index in [9.17, 15) is 4.79 Å². The third-order valence-corrected chi connectivity index (χ3v) is 5.42. The minimum Gasteiger partial charge on any atom is -0.493 e. The van der Waals surface area contributed by atoms with Crippen molar-refractivity contribution in [3.05, 3.63) is 65.7 Å². The van der Waals surface area contributed by atoms with E-state index in [0.29, 0.717) is 24.8 Å². The van der Waals surface area contributed by atoms with Gasteiger partial charge in [-0.3, -0.25) is 9.78 Å². The lowest BCUT2D eigenvalue weighted by Gasteiger charge is -2.18. The minimum atomic E-state index is -0.130. The Hall–Kier alpha value is -2.40. The predicted molar refractivity (Wildman–Crippen MR) is 110 cm³/mol. The predicted octanol–water partition coefficient (Wildman–Crippen LogP) is 3.83. The van der Waals surface area contributed by atoms with Gasteiger partial charge >= 0.3 is 0 Å². The molecule has 5 nitrogen and oxygen atoms in total. The number of hydrogen-bond donors (Lipinski definition) is 1. The van der Waals surface area contributed by atoms with Gasteiger partial charge in [-0.25, -0.2) is 0 Å². The number of ether oxygens (including phenoxy) is 2. The molecule has 2 unspecified atom stereocenters. The van der Waals surface area contributed by atoms with Crippen LogP contribution in [0.15, 0.2) is 54.5 Å². The number of nitrogens with zero attached hydrogens (tertiary/aromatic N) is 1. The molecule has 1 N–H and O–H groups in total. The van der Waals surface area contributed by atoms with Crippen LogP contribution in [0.3, 0.4) is 0 Å². The summed E-state index contributed by atoms with van der Waals surface area (Å²) in [6, 6.07) is 3.71. The molecule has 0 aromatic carbocycles. The highest BCUT2D eigenvalue weighted by Gasteiger charge is 2.17. The average molecular weight is 383 g/mol. The molecule has 28 heavy (non-hydrogen) atoms. The second-order valence-electron chi connectivity index (χ2n) is 7.71. The highest BCUT2D eigenvalue weighted by atomic mass is 16.5. The van der Waals surface area contributed by atoms with Crippen LogP contribution in [0.2, 0.25) is 0 Å². The van der Waals surface area contributed by atoms with Crippen molar-refractivity contribution in [1.29, 1.82) is 0 Å². The molecule has 1 aliphatic carbocycles. The summed E-state index contributed by atoms with van der Waals surface area (Å²) in [5, 5.41) is 2.94. The number of carbonyl (C=O) groups excluding carboxylic acids is 1. The van der Waals surface area contributed by atoms with E-state index in [-0.39, 0.29) is 11.3 Å². The van der Waals surface area contributed by atoms with Crippen molar-refractivity contribution in [3.63, 3.8) is 0 Å². The molecule has 1 aliphatic heterocycles. The van der Waals surface area contributed by atoms with Crippen LogP contribution in [0.1, 0.15) is 42.7 Å². The van der Waals surface area contributed by atoms with Gasteiger partial charge in [0.1, 0.15) is 11.5 Å². The molecule has 0 radical (unpaired) electrons. The zero-order valence-electron chi connectivity index (χ0n) is 16.8. The van der Waals surface area contributed by atoms with E-state index in [0.717, 1.165) is 43.8 Å². The summed E-state index contributed by atoms with van der Waals surface area (Å²) in [7, 11) is 0. The van der Waals surface area contributed by atoms with Crippen molar-refractivity contribution in [1.82, 2.24) is 10.3 Å². The van der Waals surface area contributed by atoms with Gasteiger partial charge < -0.3 is 14.8 Å². The fraction of sp³-hybridized carbons (Fsp3) is 0.478. The fourth-order valence-corrected chi connectivity index (χ4v) is 3.14. The van der Waals surface area contributed by atoms with Crippen molar-refractivity contribution in [2.75, 3.05) is 26.4 Å². The first-order valence-electron chi connectivity index (χ1n) is 10.1. The summed E-state index contributed by atoms with van der Waals surface area (Å²) in [5.74, 6) is 1.15. The molecule has 0 spiro atoms. The standard InChI is InChI=1S/C23H30N2O3/c1-3-23(2)11-4-5-20(8-12-23)28-14-10-18-6-7-21(24-15-18)22(26)25-16-19-9-13-27-17-19/h4-8,11-12,15,19H,3,9-10,13-14,16-17H2,1-2H3,(H,25,26). The van der Waals surface area contributed by atoms with Crippen LogP contribution in [0.25, 0.3) is 0 Å². The number of hydrogen-bond acceptors (Lipinski definition) is 4. The third-order valence-electron chi connectivity index (χ3n) is 5.42. The van der Waals surface area contributed by atoms with Crippen LogP contribution >= 0.6 is 0 Å². The summed E-state index contributed by atoms with van der Waals surface area (Å²) >= 11 is 0. The van der Waals surface area contributed by atoms with Crippen molar-refractivity contribution < 1.29 is 14.3 Å². The van der Waals surface area contributed by atoms with Gasteiger partial charge in [0.15, 0.2) is 0 Å². The van der Waals surface area contributed by atoms with Crippen molar-refractivity contribution in [2.45, 2.75) is 33.1 Å². The quantitative estimate of drug-likeness (QED) is 0.742. The lowest BCUT2D eigenvalue weighted by Crippen LogP contribution is -2.30.